The van der Waals surface area contributed by atoms with Crippen molar-refractivity contribution in [2.45, 2.75) is 39.9 Å². The highest BCUT2D eigenvalue weighted by Gasteiger charge is 2.19. The molecule has 3 rings (SSSR count). The molecule has 0 saturated heterocycles. The molecule has 0 aliphatic heterocycles. The molecule has 0 heterocycles. The van der Waals surface area contributed by atoms with Crippen molar-refractivity contribution in [3.8, 4) is 22.6 Å². The molecule has 0 fully saturated rings. The van der Waals surface area contributed by atoms with Crippen LogP contribution in [0, 0.1) is 13.8 Å². The van der Waals surface area contributed by atoms with Crippen molar-refractivity contribution in [3.63, 3.8) is 0 Å². The first-order chi connectivity index (χ1) is 14.3. The normalized spacial score (nSPS) is 11.2. The maximum atomic E-state index is 10.8. The first-order valence-corrected chi connectivity index (χ1v) is 10.0. The maximum absolute atomic E-state index is 10.8. The Morgan fingerprint density at radius 2 is 1.63 bits per heavy atom. The number of benzene rings is 3. The number of aliphatic hydroxyl groups is 1. The third kappa shape index (κ3) is 5.08. The second kappa shape index (κ2) is 9.14. The lowest BCUT2D eigenvalue weighted by Gasteiger charge is -2.24. The minimum Gasteiger partial charge on any atom is -0.489 e. The van der Waals surface area contributed by atoms with E-state index in [2.05, 4.69) is 32.0 Å². The van der Waals surface area contributed by atoms with Crippen LogP contribution in [0.4, 0.5) is 0 Å². The lowest BCUT2D eigenvalue weighted by atomic mass is 9.93. The van der Waals surface area contributed by atoms with E-state index in [9.17, 15) is 9.90 Å². The van der Waals surface area contributed by atoms with E-state index in [0.717, 1.165) is 45.6 Å². The Morgan fingerprint density at radius 1 is 0.933 bits per heavy atom. The van der Waals surface area contributed by atoms with Crippen molar-refractivity contribution < 1.29 is 19.4 Å². The number of carbonyl (C=O) groups excluding carboxylic acids is 1. The van der Waals surface area contributed by atoms with Gasteiger partial charge in [-0.05, 0) is 91.9 Å². The number of carbonyl (C=O) groups is 1. The highest BCUT2D eigenvalue weighted by Crippen LogP contribution is 2.32. The van der Waals surface area contributed by atoms with Crippen LogP contribution >= 0.6 is 0 Å². The fraction of sp³-hybridized carbons (Fsp3) is 0.269. The molecule has 0 radical (unpaired) electrons. The van der Waals surface area contributed by atoms with Crippen molar-refractivity contribution >= 4 is 6.29 Å². The molecule has 0 spiro atoms. The Balaban J connectivity index is 1.80. The number of hydrogen-bond acceptors (Lipinski definition) is 4. The average Bonchev–Trinajstić information content (AvgIpc) is 2.74. The second-order valence-corrected chi connectivity index (χ2v) is 8.06. The van der Waals surface area contributed by atoms with Crippen LogP contribution in [-0.4, -0.2) is 23.6 Å². The molecule has 30 heavy (non-hydrogen) atoms. The number of aliphatic hydroxyl groups excluding tert-OH is 1. The molecule has 0 atom stereocenters. The SMILES string of the molecule is Cc1cc(OC(C)(C)CO)ccc1-c1cccc(COc2ccc(C=O)cc2)c1C. The topological polar surface area (TPSA) is 55.8 Å². The van der Waals surface area contributed by atoms with Crippen LogP contribution in [0.3, 0.4) is 0 Å². The Hall–Kier alpha value is -3.11. The van der Waals surface area contributed by atoms with E-state index in [1.54, 1.807) is 24.3 Å². The molecular weight excluding hydrogens is 376 g/mol. The smallest absolute Gasteiger partial charge is 0.150 e. The Kier molecular flexibility index (Phi) is 6.58. The molecule has 156 valence electrons. The van der Waals surface area contributed by atoms with E-state index in [1.807, 2.05) is 32.0 Å². The molecule has 3 aromatic carbocycles. The van der Waals surface area contributed by atoms with Gasteiger partial charge in [-0.2, -0.15) is 0 Å². The van der Waals surface area contributed by atoms with E-state index in [0.29, 0.717) is 12.2 Å². The fourth-order valence-corrected chi connectivity index (χ4v) is 3.29. The van der Waals surface area contributed by atoms with Gasteiger partial charge in [-0.3, -0.25) is 4.79 Å². The highest BCUT2D eigenvalue weighted by atomic mass is 16.5. The van der Waals surface area contributed by atoms with Crippen LogP contribution in [0.25, 0.3) is 11.1 Å². The molecular formula is C26H28O4. The zero-order chi connectivity index (χ0) is 21.7. The van der Waals surface area contributed by atoms with Crippen molar-refractivity contribution in [2.75, 3.05) is 6.61 Å². The van der Waals surface area contributed by atoms with E-state index >= 15 is 0 Å². The van der Waals surface area contributed by atoms with Gasteiger partial charge in [0.15, 0.2) is 0 Å². The summed E-state index contributed by atoms with van der Waals surface area (Å²) in [5.41, 5.74) is 5.67. The number of rotatable bonds is 8. The average molecular weight is 405 g/mol. The summed E-state index contributed by atoms with van der Waals surface area (Å²) in [5, 5.41) is 9.43. The predicted molar refractivity (Wildman–Crippen MR) is 119 cm³/mol. The van der Waals surface area contributed by atoms with Crippen LogP contribution in [-0.2, 0) is 6.61 Å². The van der Waals surface area contributed by atoms with Crippen molar-refractivity contribution in [1.82, 2.24) is 0 Å². The van der Waals surface area contributed by atoms with Crippen LogP contribution in [0.1, 0.15) is 40.9 Å². The van der Waals surface area contributed by atoms with E-state index in [-0.39, 0.29) is 6.61 Å². The van der Waals surface area contributed by atoms with Gasteiger partial charge in [-0.25, -0.2) is 0 Å². The largest absolute Gasteiger partial charge is 0.489 e. The van der Waals surface area contributed by atoms with Gasteiger partial charge in [-0.15, -0.1) is 0 Å². The molecule has 0 aliphatic rings. The van der Waals surface area contributed by atoms with Crippen molar-refractivity contribution in [3.05, 3.63) is 82.9 Å². The summed E-state index contributed by atoms with van der Waals surface area (Å²) in [6, 6.07) is 19.3. The molecule has 0 saturated carbocycles. The summed E-state index contributed by atoms with van der Waals surface area (Å²) >= 11 is 0. The monoisotopic (exact) mass is 404 g/mol. The van der Waals surface area contributed by atoms with E-state index in [4.69, 9.17) is 9.47 Å². The zero-order valence-corrected chi connectivity index (χ0v) is 17.9. The predicted octanol–water partition coefficient (Wildman–Crippen LogP) is 5.51. The van der Waals surface area contributed by atoms with Crippen LogP contribution in [0.15, 0.2) is 60.7 Å². The Morgan fingerprint density at radius 3 is 2.27 bits per heavy atom. The standard InChI is InChI=1S/C26H28O4/c1-18-14-23(30-26(3,4)17-28)12-13-24(18)25-7-5-6-21(19(25)2)16-29-22-10-8-20(15-27)9-11-22/h5-15,28H,16-17H2,1-4H3. The van der Waals surface area contributed by atoms with Gasteiger partial charge in [0.2, 0.25) is 0 Å². The van der Waals surface area contributed by atoms with Gasteiger partial charge < -0.3 is 14.6 Å². The molecule has 0 bridgehead atoms. The Labute approximate surface area is 178 Å². The molecule has 1 N–H and O–H groups in total. The van der Waals surface area contributed by atoms with Gasteiger partial charge in [0.25, 0.3) is 0 Å². The number of aryl methyl sites for hydroxylation is 1. The quantitative estimate of drug-likeness (QED) is 0.503. The van der Waals surface area contributed by atoms with Crippen LogP contribution in [0.2, 0.25) is 0 Å². The number of aldehydes is 1. The minimum absolute atomic E-state index is 0.0488. The minimum atomic E-state index is -0.620. The lowest BCUT2D eigenvalue weighted by Crippen LogP contribution is -2.32. The molecule has 0 unspecified atom stereocenters. The summed E-state index contributed by atoms with van der Waals surface area (Å²) < 4.78 is 11.8. The summed E-state index contributed by atoms with van der Waals surface area (Å²) in [6.45, 7) is 8.28. The Bertz CT molecular complexity index is 1020. The van der Waals surface area contributed by atoms with E-state index in [1.165, 1.54) is 0 Å². The summed E-state index contributed by atoms with van der Waals surface area (Å²) in [7, 11) is 0. The molecule has 4 heteroatoms. The first kappa shape index (κ1) is 21.6. The number of hydrogen-bond donors (Lipinski definition) is 1. The van der Waals surface area contributed by atoms with Crippen molar-refractivity contribution in [2.24, 2.45) is 0 Å². The summed E-state index contributed by atoms with van der Waals surface area (Å²) in [5.74, 6) is 1.47. The lowest BCUT2D eigenvalue weighted by molar-refractivity contribution is 0.0412. The zero-order valence-electron chi connectivity index (χ0n) is 17.9. The molecule has 0 amide bonds. The third-order valence-corrected chi connectivity index (χ3v) is 5.12. The van der Waals surface area contributed by atoms with Gasteiger partial charge in [0, 0.05) is 5.56 Å². The highest BCUT2D eigenvalue weighted by molar-refractivity contribution is 5.75. The van der Waals surface area contributed by atoms with E-state index < -0.39 is 5.60 Å². The van der Waals surface area contributed by atoms with Gasteiger partial charge in [0.1, 0.15) is 30.0 Å². The second-order valence-electron chi connectivity index (χ2n) is 8.06. The molecule has 3 aromatic rings. The van der Waals surface area contributed by atoms with Crippen LogP contribution in [0.5, 0.6) is 11.5 Å². The molecule has 0 aliphatic carbocycles. The summed E-state index contributed by atoms with van der Waals surface area (Å²) in [6.07, 6.45) is 0.820. The number of ether oxygens (including phenoxy) is 2. The van der Waals surface area contributed by atoms with Crippen LogP contribution < -0.4 is 9.47 Å². The maximum Gasteiger partial charge on any atom is 0.150 e. The molecule has 0 aromatic heterocycles. The molecule has 4 nitrogen and oxygen atoms in total. The first-order valence-electron chi connectivity index (χ1n) is 10.0. The van der Waals surface area contributed by atoms with Crippen molar-refractivity contribution in [1.29, 1.82) is 0 Å². The van der Waals surface area contributed by atoms with Gasteiger partial charge in [-0.1, -0.05) is 24.3 Å². The van der Waals surface area contributed by atoms with Gasteiger partial charge >= 0.3 is 0 Å². The van der Waals surface area contributed by atoms with Gasteiger partial charge in [0.05, 0.1) is 6.61 Å². The summed E-state index contributed by atoms with van der Waals surface area (Å²) in [4.78, 5) is 10.8. The fourth-order valence-electron chi connectivity index (χ4n) is 3.29. The third-order valence-electron chi connectivity index (χ3n) is 5.12.